The molecule has 3 rings (SSSR count). The highest BCUT2D eigenvalue weighted by Gasteiger charge is 2.54. The van der Waals surface area contributed by atoms with Crippen LogP contribution in [0.15, 0.2) is 0 Å². The van der Waals surface area contributed by atoms with E-state index in [1.165, 1.54) is 6.92 Å². The molecule has 34 heavy (non-hydrogen) atoms. The first-order valence-electron chi connectivity index (χ1n) is 9.70. The third kappa shape index (κ3) is 4.83. The maximum absolute atomic E-state index is 13.3. The molecule has 184 valence electrons. The first-order valence-corrected chi connectivity index (χ1v) is 11.2. The number of esters is 3. The molecule has 4 unspecified atom stereocenters. The largest absolute Gasteiger partial charge is 0.463 e. The molecule has 14 heteroatoms. The van der Waals surface area contributed by atoms with Gasteiger partial charge >= 0.3 is 17.9 Å². The summed E-state index contributed by atoms with van der Waals surface area (Å²) in [7, 11) is 0. The maximum Gasteiger partial charge on any atom is 0.303 e. The van der Waals surface area contributed by atoms with Gasteiger partial charge in [-0.25, -0.2) is 0 Å². The van der Waals surface area contributed by atoms with Crippen LogP contribution in [0.2, 0.25) is 20.1 Å². The first-order chi connectivity index (χ1) is 15.9. The molecule has 1 aromatic carbocycles. The third-order valence-corrected chi connectivity index (χ3v) is 6.87. The monoisotopic (exact) mass is 555 g/mol. The lowest BCUT2D eigenvalue weighted by Gasteiger charge is -2.43. The van der Waals surface area contributed by atoms with Crippen LogP contribution in [-0.2, 0) is 33.3 Å². The normalized spacial score (nSPS) is 24.0. The van der Waals surface area contributed by atoms with E-state index >= 15 is 0 Å². The summed E-state index contributed by atoms with van der Waals surface area (Å²) in [6, 6.07) is -1.26. The van der Waals surface area contributed by atoms with Crippen molar-refractivity contribution >= 4 is 76.1 Å². The molecule has 1 aromatic rings. The van der Waals surface area contributed by atoms with Crippen molar-refractivity contribution in [2.24, 2.45) is 0 Å². The van der Waals surface area contributed by atoms with Gasteiger partial charge in [-0.2, -0.15) is 0 Å². The molecule has 0 aliphatic carbocycles. The summed E-state index contributed by atoms with van der Waals surface area (Å²) in [4.78, 5) is 62.3. The molecule has 0 aromatic heterocycles. The van der Waals surface area contributed by atoms with Gasteiger partial charge in [0.15, 0.2) is 12.2 Å². The van der Waals surface area contributed by atoms with Crippen LogP contribution in [0.5, 0.6) is 0 Å². The number of fused-ring (bicyclic) bond motifs is 1. The molecule has 0 bridgehead atoms. The van der Waals surface area contributed by atoms with Crippen molar-refractivity contribution in [1.82, 2.24) is 4.90 Å². The van der Waals surface area contributed by atoms with Gasteiger partial charge in [0.05, 0.1) is 37.8 Å². The van der Waals surface area contributed by atoms with E-state index in [4.69, 9.17) is 65.4 Å². The van der Waals surface area contributed by atoms with Gasteiger partial charge in [0, 0.05) is 20.8 Å². The molecule has 1 fully saturated rings. The summed E-state index contributed by atoms with van der Waals surface area (Å²) in [6.45, 7) is 2.65. The van der Waals surface area contributed by atoms with Gasteiger partial charge in [-0.05, 0) is 0 Å². The van der Waals surface area contributed by atoms with Crippen molar-refractivity contribution in [2.45, 2.75) is 45.1 Å². The fourth-order valence-corrected chi connectivity index (χ4v) is 4.76. The first kappa shape index (κ1) is 26.5. The third-order valence-electron chi connectivity index (χ3n) is 5.07. The summed E-state index contributed by atoms with van der Waals surface area (Å²) in [6.07, 6.45) is -3.76. The number of nitrogens with zero attached hydrogens (tertiary/aromatic N) is 1. The topological polar surface area (TPSA) is 126 Å². The standard InChI is InChI=1S/C20H17Cl4NO9/c1-6(26)31-5-10-18(34-8(3)28)17(33-7(2)27)9(4-32-10)25-19(29)11-12(20(25)30)14(22)16(24)15(23)13(11)21/h9-10,17-18H,4-5H2,1-3H3. The van der Waals surface area contributed by atoms with Crippen molar-refractivity contribution < 1.29 is 42.9 Å². The number of amides is 2. The molecule has 0 N–H and O–H groups in total. The number of carbonyl (C=O) groups excluding carboxylic acids is 5. The Bertz CT molecular complexity index is 1050. The van der Waals surface area contributed by atoms with Crippen LogP contribution in [0.25, 0.3) is 0 Å². The van der Waals surface area contributed by atoms with Crippen LogP contribution >= 0.6 is 46.4 Å². The highest BCUT2D eigenvalue weighted by Crippen LogP contribution is 2.46. The maximum atomic E-state index is 13.3. The van der Waals surface area contributed by atoms with E-state index in [2.05, 4.69) is 0 Å². The lowest BCUT2D eigenvalue weighted by Crippen LogP contribution is -2.63. The lowest BCUT2D eigenvalue weighted by molar-refractivity contribution is -0.211. The van der Waals surface area contributed by atoms with E-state index in [0.717, 1.165) is 18.7 Å². The van der Waals surface area contributed by atoms with E-state index in [0.29, 0.717) is 0 Å². The van der Waals surface area contributed by atoms with Crippen LogP contribution in [0, 0.1) is 0 Å². The molecular weight excluding hydrogens is 540 g/mol. The van der Waals surface area contributed by atoms with Crippen molar-refractivity contribution in [2.75, 3.05) is 13.2 Å². The second kappa shape index (κ2) is 10.2. The van der Waals surface area contributed by atoms with Crippen LogP contribution in [-0.4, -0.2) is 72.2 Å². The highest BCUT2D eigenvalue weighted by atomic mass is 35.5. The Labute approximate surface area is 213 Å². The molecule has 1 saturated heterocycles. The Morgan fingerprint density at radius 2 is 1.29 bits per heavy atom. The Hall–Kier alpha value is -2.11. The summed E-state index contributed by atoms with van der Waals surface area (Å²) in [5, 5.41) is -0.995. The average Bonchev–Trinajstić information content (AvgIpc) is 3.00. The molecule has 0 spiro atoms. The molecule has 0 saturated carbocycles. The molecule has 2 amide bonds. The van der Waals surface area contributed by atoms with E-state index < -0.39 is 54.1 Å². The van der Waals surface area contributed by atoms with E-state index in [1.54, 1.807) is 0 Å². The van der Waals surface area contributed by atoms with E-state index in [9.17, 15) is 24.0 Å². The predicted octanol–water partition coefficient (Wildman–Crippen LogP) is 3.09. The zero-order valence-electron chi connectivity index (χ0n) is 17.9. The van der Waals surface area contributed by atoms with Gasteiger partial charge in [-0.1, -0.05) is 46.4 Å². The summed E-state index contributed by atoms with van der Waals surface area (Å²) in [5.41, 5.74) is -0.558. The quantitative estimate of drug-likeness (QED) is 0.177. The van der Waals surface area contributed by atoms with Crippen molar-refractivity contribution in [3.63, 3.8) is 0 Å². The number of benzene rings is 1. The second-order valence-electron chi connectivity index (χ2n) is 7.38. The van der Waals surface area contributed by atoms with Gasteiger partial charge < -0.3 is 18.9 Å². The Kier molecular flexibility index (Phi) is 7.99. The Balaban J connectivity index is 2.06. The van der Waals surface area contributed by atoms with Gasteiger partial charge in [-0.3, -0.25) is 28.9 Å². The molecule has 2 heterocycles. The zero-order valence-corrected chi connectivity index (χ0v) is 20.9. The minimum absolute atomic E-state index is 0.217. The number of halogens is 4. The lowest BCUT2D eigenvalue weighted by atomic mass is 9.96. The minimum Gasteiger partial charge on any atom is -0.463 e. The van der Waals surface area contributed by atoms with Crippen molar-refractivity contribution in [1.29, 1.82) is 0 Å². The average molecular weight is 557 g/mol. The number of hydrogen-bond donors (Lipinski definition) is 0. The van der Waals surface area contributed by atoms with Crippen LogP contribution in [0.1, 0.15) is 41.5 Å². The number of carbonyl (C=O) groups is 5. The fraction of sp³-hybridized carbons (Fsp3) is 0.450. The van der Waals surface area contributed by atoms with Gasteiger partial charge in [0.2, 0.25) is 0 Å². The predicted molar refractivity (Wildman–Crippen MR) is 118 cm³/mol. The fourth-order valence-electron chi connectivity index (χ4n) is 3.75. The number of ether oxygens (including phenoxy) is 4. The molecule has 2 aliphatic heterocycles. The Morgan fingerprint density at radius 1 is 0.824 bits per heavy atom. The summed E-state index contributed by atoms with van der Waals surface area (Å²) in [5.74, 6) is -3.98. The SMILES string of the molecule is CC(=O)OCC1OCC(N2C(=O)c3c(Cl)c(Cl)c(Cl)c(Cl)c3C2=O)C(OC(C)=O)C1OC(C)=O. The summed E-state index contributed by atoms with van der Waals surface area (Å²) < 4.78 is 21.3. The highest BCUT2D eigenvalue weighted by molar-refractivity contribution is 6.55. The molecule has 2 aliphatic rings. The minimum atomic E-state index is -1.37. The van der Waals surface area contributed by atoms with Crippen LogP contribution in [0.4, 0.5) is 0 Å². The van der Waals surface area contributed by atoms with Gasteiger partial charge in [0.1, 0.15) is 18.8 Å². The molecule has 0 radical (unpaired) electrons. The Morgan fingerprint density at radius 3 is 1.74 bits per heavy atom. The van der Waals surface area contributed by atoms with E-state index in [-0.39, 0.29) is 44.4 Å². The van der Waals surface area contributed by atoms with Crippen molar-refractivity contribution in [3.05, 3.63) is 31.2 Å². The van der Waals surface area contributed by atoms with Crippen LogP contribution < -0.4 is 0 Å². The number of imide groups is 1. The van der Waals surface area contributed by atoms with Gasteiger partial charge in [-0.15, -0.1) is 0 Å². The molecule has 4 atom stereocenters. The second-order valence-corrected chi connectivity index (χ2v) is 8.89. The van der Waals surface area contributed by atoms with Crippen molar-refractivity contribution in [3.8, 4) is 0 Å². The van der Waals surface area contributed by atoms with Crippen LogP contribution in [0.3, 0.4) is 0 Å². The summed E-state index contributed by atoms with van der Waals surface area (Å²) >= 11 is 24.5. The molecule has 10 nitrogen and oxygen atoms in total. The number of hydrogen-bond acceptors (Lipinski definition) is 9. The van der Waals surface area contributed by atoms with E-state index in [1.807, 2.05) is 0 Å². The van der Waals surface area contributed by atoms with Gasteiger partial charge in [0.25, 0.3) is 11.8 Å². The number of rotatable bonds is 5. The smallest absolute Gasteiger partial charge is 0.303 e. The zero-order chi connectivity index (χ0) is 25.5. The molecular formula is C20H17Cl4NO9.